The van der Waals surface area contributed by atoms with Crippen molar-refractivity contribution < 1.29 is 5.11 Å². The van der Waals surface area contributed by atoms with Crippen molar-refractivity contribution in [2.24, 2.45) is 0 Å². The van der Waals surface area contributed by atoms with Gasteiger partial charge in [0.15, 0.2) is 0 Å². The molecule has 1 nitrogen and oxygen atoms in total. The van der Waals surface area contributed by atoms with Gasteiger partial charge in [-0.3, -0.25) is 0 Å². The summed E-state index contributed by atoms with van der Waals surface area (Å²) in [5, 5.41) is 11.2. The monoisotopic (exact) mass is 222 g/mol. The van der Waals surface area contributed by atoms with Crippen LogP contribution in [0.2, 0.25) is 0 Å². The van der Waals surface area contributed by atoms with E-state index in [0.29, 0.717) is 0 Å². The molecule has 0 unspecified atom stereocenters. The molecule has 0 saturated heterocycles. The van der Waals surface area contributed by atoms with Gasteiger partial charge in [-0.1, -0.05) is 36.0 Å². The fourth-order valence-corrected chi connectivity index (χ4v) is 3.01. The predicted molar refractivity (Wildman–Crippen MR) is 60.8 cm³/mol. The van der Waals surface area contributed by atoms with Gasteiger partial charge >= 0.3 is 0 Å². The Morgan fingerprint density at radius 2 is 2.00 bits per heavy atom. The predicted octanol–water partition coefficient (Wildman–Crippen LogP) is 3.39. The zero-order chi connectivity index (χ0) is 9.80. The average molecular weight is 222 g/mol. The van der Waals surface area contributed by atoms with Crippen LogP contribution in [0.15, 0.2) is 50.9 Å². The summed E-state index contributed by atoms with van der Waals surface area (Å²) in [6.45, 7) is 0.106. The summed E-state index contributed by atoms with van der Waals surface area (Å²) >= 11 is 3.42. The van der Waals surface area contributed by atoms with Crippen LogP contribution in [0, 0.1) is 0 Å². The molecule has 0 aliphatic carbocycles. The van der Waals surface area contributed by atoms with Crippen LogP contribution in [-0.2, 0) is 6.61 Å². The van der Waals surface area contributed by atoms with Gasteiger partial charge < -0.3 is 5.11 Å². The standard InChI is InChI=1S/C11H10OS2/c12-8-9-4-1-2-5-10(9)14-11-6-3-7-13-11/h1-7,12H,8H2. The second-order valence-electron chi connectivity index (χ2n) is 2.80. The Morgan fingerprint density at radius 1 is 1.14 bits per heavy atom. The van der Waals surface area contributed by atoms with Crippen molar-refractivity contribution in [3.8, 4) is 0 Å². The number of thiophene rings is 1. The molecule has 0 fully saturated rings. The number of hydrogen-bond acceptors (Lipinski definition) is 3. The fraction of sp³-hybridized carbons (Fsp3) is 0.0909. The molecule has 0 saturated carbocycles. The van der Waals surface area contributed by atoms with Crippen LogP contribution in [0.4, 0.5) is 0 Å². The number of hydrogen-bond donors (Lipinski definition) is 1. The third kappa shape index (κ3) is 2.18. The third-order valence-corrected chi connectivity index (χ3v) is 4.00. The Labute approximate surface area is 91.4 Å². The minimum absolute atomic E-state index is 0.106. The summed E-state index contributed by atoms with van der Waals surface area (Å²) in [5.41, 5.74) is 0.992. The van der Waals surface area contributed by atoms with Crippen molar-refractivity contribution in [3.63, 3.8) is 0 Å². The maximum absolute atomic E-state index is 9.14. The fourth-order valence-electron chi connectivity index (χ4n) is 1.16. The number of aliphatic hydroxyl groups is 1. The van der Waals surface area contributed by atoms with E-state index in [1.165, 1.54) is 4.21 Å². The Bertz CT molecular complexity index is 395. The van der Waals surface area contributed by atoms with Crippen LogP contribution >= 0.6 is 23.1 Å². The van der Waals surface area contributed by atoms with Crippen molar-refractivity contribution in [2.75, 3.05) is 0 Å². The lowest BCUT2D eigenvalue weighted by atomic mass is 10.2. The molecule has 0 amide bonds. The van der Waals surface area contributed by atoms with Gasteiger partial charge in [-0.15, -0.1) is 11.3 Å². The Kier molecular flexibility index (Phi) is 3.24. The van der Waals surface area contributed by atoms with Crippen LogP contribution in [0.1, 0.15) is 5.56 Å². The highest BCUT2D eigenvalue weighted by Gasteiger charge is 2.02. The van der Waals surface area contributed by atoms with Gasteiger partial charge in [-0.25, -0.2) is 0 Å². The molecule has 1 heterocycles. The summed E-state index contributed by atoms with van der Waals surface area (Å²) in [6, 6.07) is 12.1. The van der Waals surface area contributed by atoms with Crippen molar-refractivity contribution >= 4 is 23.1 Å². The molecule has 1 N–H and O–H groups in total. The van der Waals surface area contributed by atoms with E-state index in [4.69, 9.17) is 5.11 Å². The first kappa shape index (κ1) is 9.77. The van der Waals surface area contributed by atoms with E-state index in [2.05, 4.69) is 11.4 Å². The molecule has 0 atom stereocenters. The van der Waals surface area contributed by atoms with E-state index in [1.54, 1.807) is 23.1 Å². The highest BCUT2D eigenvalue weighted by atomic mass is 32.2. The first-order valence-electron chi connectivity index (χ1n) is 4.30. The van der Waals surface area contributed by atoms with Crippen LogP contribution < -0.4 is 0 Å². The second-order valence-corrected chi connectivity index (χ2v) is 5.09. The van der Waals surface area contributed by atoms with Gasteiger partial charge in [-0.05, 0) is 23.1 Å². The van der Waals surface area contributed by atoms with Crippen LogP contribution in [0.25, 0.3) is 0 Å². The minimum atomic E-state index is 0.106. The van der Waals surface area contributed by atoms with E-state index >= 15 is 0 Å². The number of rotatable bonds is 3. The lowest BCUT2D eigenvalue weighted by molar-refractivity contribution is 0.279. The minimum Gasteiger partial charge on any atom is -0.392 e. The number of aliphatic hydroxyl groups excluding tert-OH is 1. The van der Waals surface area contributed by atoms with Crippen molar-refractivity contribution in [1.82, 2.24) is 0 Å². The van der Waals surface area contributed by atoms with Crippen molar-refractivity contribution in [1.29, 1.82) is 0 Å². The first-order valence-corrected chi connectivity index (χ1v) is 6.00. The van der Waals surface area contributed by atoms with Gasteiger partial charge in [0, 0.05) is 4.90 Å². The maximum atomic E-state index is 9.14. The summed E-state index contributed by atoms with van der Waals surface area (Å²) in [5.74, 6) is 0. The SMILES string of the molecule is OCc1ccccc1Sc1cccs1. The molecule has 0 spiro atoms. The normalized spacial score (nSPS) is 10.4. The molecule has 0 aliphatic rings. The molecule has 1 aromatic heterocycles. The first-order chi connectivity index (χ1) is 6.90. The maximum Gasteiger partial charge on any atom is 0.0692 e. The smallest absolute Gasteiger partial charge is 0.0692 e. The molecule has 72 valence electrons. The van der Waals surface area contributed by atoms with E-state index in [0.717, 1.165) is 10.5 Å². The molecule has 0 radical (unpaired) electrons. The Morgan fingerprint density at radius 3 is 2.71 bits per heavy atom. The van der Waals surface area contributed by atoms with Gasteiger partial charge in [0.05, 0.1) is 10.8 Å². The van der Waals surface area contributed by atoms with Gasteiger partial charge in [0.25, 0.3) is 0 Å². The summed E-state index contributed by atoms with van der Waals surface area (Å²) < 4.78 is 1.26. The van der Waals surface area contributed by atoms with Gasteiger partial charge in [0.1, 0.15) is 0 Å². The topological polar surface area (TPSA) is 20.2 Å². The largest absolute Gasteiger partial charge is 0.392 e. The van der Waals surface area contributed by atoms with Crippen LogP contribution in [-0.4, -0.2) is 5.11 Å². The molecule has 1 aromatic carbocycles. The molecule has 0 bridgehead atoms. The zero-order valence-corrected chi connectivity index (χ0v) is 9.15. The zero-order valence-electron chi connectivity index (χ0n) is 7.51. The summed E-state index contributed by atoms with van der Waals surface area (Å²) in [6.07, 6.45) is 0. The van der Waals surface area contributed by atoms with Crippen LogP contribution in [0.3, 0.4) is 0 Å². The molecular weight excluding hydrogens is 212 g/mol. The van der Waals surface area contributed by atoms with E-state index in [-0.39, 0.29) is 6.61 Å². The molecule has 3 heteroatoms. The highest BCUT2D eigenvalue weighted by molar-refractivity contribution is 8.01. The Balaban J connectivity index is 2.24. The quantitative estimate of drug-likeness (QED) is 0.859. The Hall–Kier alpha value is -0.770. The van der Waals surface area contributed by atoms with Gasteiger partial charge in [-0.2, -0.15) is 0 Å². The highest BCUT2D eigenvalue weighted by Crippen LogP contribution is 2.33. The second kappa shape index (κ2) is 4.64. The van der Waals surface area contributed by atoms with Crippen molar-refractivity contribution in [2.45, 2.75) is 15.7 Å². The molecule has 0 aliphatic heterocycles. The molecule has 2 rings (SSSR count). The summed E-state index contributed by atoms with van der Waals surface area (Å²) in [4.78, 5) is 1.14. The number of benzene rings is 1. The molecular formula is C11H10OS2. The van der Waals surface area contributed by atoms with E-state index in [9.17, 15) is 0 Å². The molecule has 2 aromatic rings. The lowest BCUT2D eigenvalue weighted by Gasteiger charge is -2.04. The van der Waals surface area contributed by atoms with Crippen LogP contribution in [0.5, 0.6) is 0 Å². The van der Waals surface area contributed by atoms with Gasteiger partial charge in [0.2, 0.25) is 0 Å². The summed E-state index contributed by atoms with van der Waals surface area (Å²) in [7, 11) is 0. The van der Waals surface area contributed by atoms with Crippen molar-refractivity contribution in [3.05, 3.63) is 47.3 Å². The van der Waals surface area contributed by atoms with E-state index < -0.39 is 0 Å². The molecule has 14 heavy (non-hydrogen) atoms. The lowest BCUT2D eigenvalue weighted by Crippen LogP contribution is -1.85. The average Bonchev–Trinajstić information content (AvgIpc) is 2.71. The third-order valence-electron chi connectivity index (χ3n) is 1.85. The van der Waals surface area contributed by atoms with E-state index in [1.807, 2.05) is 30.3 Å².